The zero-order valence-electron chi connectivity index (χ0n) is 18.2. The number of hydrogen-bond donors (Lipinski definition) is 0. The predicted molar refractivity (Wildman–Crippen MR) is 116 cm³/mol. The van der Waals surface area contributed by atoms with Gasteiger partial charge in [0.2, 0.25) is 0 Å². The maximum Gasteiger partial charge on any atom is 0.120 e. The number of likely N-dealkylation sites (tertiary alicyclic amines) is 1. The number of rotatable bonds is 5. The lowest BCUT2D eigenvalue weighted by molar-refractivity contribution is -0.0208. The van der Waals surface area contributed by atoms with Gasteiger partial charge < -0.3 is 19.3 Å². The summed E-state index contributed by atoms with van der Waals surface area (Å²) in [6, 6.07) is 8.36. The monoisotopic (exact) mass is 394 g/mol. The number of hydrogen-bond acceptors (Lipinski definition) is 4. The number of fused-ring (bicyclic) bond motifs is 3. The normalized spacial score (nSPS) is 31.1. The molecule has 1 aromatic carbocycles. The van der Waals surface area contributed by atoms with Gasteiger partial charge >= 0.3 is 0 Å². The van der Waals surface area contributed by atoms with E-state index in [-0.39, 0.29) is 11.0 Å². The van der Waals surface area contributed by atoms with Crippen LogP contribution in [0.25, 0.3) is 0 Å². The minimum atomic E-state index is 0.178. The SMILES string of the molecule is Cc1ccc(OCCCN2CC[C@]3(C)N4CCOC5=C4C(=CCC5)[C@]3(C)C2)cc1. The fourth-order valence-electron chi connectivity index (χ4n) is 5.96. The summed E-state index contributed by atoms with van der Waals surface area (Å²) in [6.45, 7) is 13.2. The van der Waals surface area contributed by atoms with Crippen LogP contribution in [0.3, 0.4) is 0 Å². The van der Waals surface area contributed by atoms with Crippen LogP contribution < -0.4 is 4.74 Å². The van der Waals surface area contributed by atoms with Gasteiger partial charge in [-0.1, -0.05) is 30.7 Å². The van der Waals surface area contributed by atoms with Crippen LogP contribution in [0.5, 0.6) is 5.75 Å². The average molecular weight is 395 g/mol. The second-order valence-electron chi connectivity index (χ2n) is 9.58. The van der Waals surface area contributed by atoms with Crippen molar-refractivity contribution < 1.29 is 9.47 Å². The number of aryl methyl sites for hydroxylation is 1. The molecule has 5 rings (SSSR count). The van der Waals surface area contributed by atoms with Gasteiger partial charge in [0.1, 0.15) is 18.1 Å². The van der Waals surface area contributed by atoms with E-state index in [1.807, 2.05) is 0 Å². The lowest BCUT2D eigenvalue weighted by atomic mass is 9.65. The standard InChI is InChI=1S/C25H34N2O2/c1-19-8-10-20(11-9-19)28-16-5-13-26-14-12-25(3)24(2,18-26)21-6-4-7-22-23(21)27(25)15-17-29-22/h6,8-11H,4-5,7,12-18H2,1-3H3/t24-,25-/m0/s1. The van der Waals surface area contributed by atoms with E-state index in [0.29, 0.717) is 0 Å². The Kier molecular flexibility index (Phi) is 4.65. The van der Waals surface area contributed by atoms with Crippen LogP contribution in [0.2, 0.25) is 0 Å². The predicted octanol–water partition coefficient (Wildman–Crippen LogP) is 4.51. The Morgan fingerprint density at radius 3 is 2.79 bits per heavy atom. The second-order valence-corrected chi connectivity index (χ2v) is 9.58. The number of benzene rings is 1. The van der Waals surface area contributed by atoms with Gasteiger partial charge in [-0.2, -0.15) is 0 Å². The fraction of sp³-hybridized carbons (Fsp3) is 0.600. The Bertz CT molecular complexity index is 843. The largest absolute Gasteiger partial charge is 0.494 e. The molecule has 0 saturated carbocycles. The van der Waals surface area contributed by atoms with E-state index < -0.39 is 0 Å². The maximum absolute atomic E-state index is 6.08. The third kappa shape index (κ3) is 2.99. The molecule has 0 amide bonds. The van der Waals surface area contributed by atoms with E-state index in [0.717, 1.165) is 57.9 Å². The molecule has 4 aliphatic rings. The molecular formula is C25H34N2O2. The minimum Gasteiger partial charge on any atom is -0.494 e. The van der Waals surface area contributed by atoms with Crippen molar-refractivity contribution in [3.63, 3.8) is 0 Å². The number of allylic oxidation sites excluding steroid dienone is 3. The first kappa shape index (κ1) is 19.0. The van der Waals surface area contributed by atoms with Gasteiger partial charge in [0.25, 0.3) is 0 Å². The Hall–Kier alpha value is -1.94. The molecule has 1 aliphatic carbocycles. The summed E-state index contributed by atoms with van der Waals surface area (Å²) >= 11 is 0. The van der Waals surface area contributed by atoms with Gasteiger partial charge in [-0.05, 0) is 50.8 Å². The lowest BCUT2D eigenvalue weighted by Gasteiger charge is -2.53. The molecule has 1 aromatic rings. The van der Waals surface area contributed by atoms with E-state index in [4.69, 9.17) is 9.47 Å². The number of piperidine rings is 1. The highest BCUT2D eigenvalue weighted by atomic mass is 16.5. The zero-order chi connectivity index (χ0) is 20.1. The summed E-state index contributed by atoms with van der Waals surface area (Å²) < 4.78 is 12.0. The van der Waals surface area contributed by atoms with E-state index in [2.05, 4.69) is 60.9 Å². The van der Waals surface area contributed by atoms with Crippen molar-refractivity contribution in [3.05, 3.63) is 52.9 Å². The molecule has 4 nitrogen and oxygen atoms in total. The van der Waals surface area contributed by atoms with Crippen molar-refractivity contribution in [1.29, 1.82) is 0 Å². The van der Waals surface area contributed by atoms with Crippen molar-refractivity contribution in [2.24, 2.45) is 5.41 Å². The molecule has 0 bridgehead atoms. The summed E-state index contributed by atoms with van der Waals surface area (Å²) in [5.41, 5.74) is 4.66. The van der Waals surface area contributed by atoms with E-state index in [1.165, 1.54) is 30.0 Å². The fourth-order valence-corrected chi connectivity index (χ4v) is 5.96. The van der Waals surface area contributed by atoms with Crippen LogP contribution in [0.1, 0.15) is 45.1 Å². The molecule has 0 radical (unpaired) electrons. The highest BCUT2D eigenvalue weighted by Gasteiger charge is 2.62. The Balaban J connectivity index is 1.25. The quantitative estimate of drug-likeness (QED) is 0.686. The molecule has 0 aromatic heterocycles. The number of ether oxygens (including phenoxy) is 2. The summed E-state index contributed by atoms with van der Waals surface area (Å²) in [4.78, 5) is 5.36. The van der Waals surface area contributed by atoms with Gasteiger partial charge in [0.05, 0.1) is 18.8 Å². The van der Waals surface area contributed by atoms with Crippen LogP contribution in [-0.2, 0) is 4.74 Å². The first-order chi connectivity index (χ1) is 14.0. The van der Waals surface area contributed by atoms with Crippen molar-refractivity contribution in [3.8, 4) is 5.75 Å². The summed E-state index contributed by atoms with van der Waals surface area (Å²) in [5, 5.41) is 0. The Morgan fingerprint density at radius 2 is 1.97 bits per heavy atom. The number of nitrogens with zero attached hydrogens (tertiary/aromatic N) is 2. The molecular weight excluding hydrogens is 360 g/mol. The first-order valence-electron chi connectivity index (χ1n) is 11.3. The minimum absolute atomic E-state index is 0.178. The van der Waals surface area contributed by atoms with Gasteiger partial charge in [0, 0.05) is 37.0 Å². The van der Waals surface area contributed by atoms with Crippen LogP contribution in [0.15, 0.2) is 47.4 Å². The summed E-state index contributed by atoms with van der Waals surface area (Å²) in [5.74, 6) is 2.23. The van der Waals surface area contributed by atoms with Crippen LogP contribution in [-0.4, -0.2) is 54.7 Å². The maximum atomic E-state index is 6.08. The lowest BCUT2D eigenvalue weighted by Crippen LogP contribution is -2.60. The van der Waals surface area contributed by atoms with Gasteiger partial charge in [-0.3, -0.25) is 0 Å². The van der Waals surface area contributed by atoms with Gasteiger partial charge in [-0.25, -0.2) is 0 Å². The molecule has 0 spiro atoms. The van der Waals surface area contributed by atoms with Crippen molar-refractivity contribution >= 4 is 0 Å². The van der Waals surface area contributed by atoms with Crippen molar-refractivity contribution in [2.45, 2.75) is 52.0 Å². The van der Waals surface area contributed by atoms with Crippen LogP contribution in [0.4, 0.5) is 0 Å². The molecule has 29 heavy (non-hydrogen) atoms. The molecule has 3 aliphatic heterocycles. The molecule has 0 N–H and O–H groups in total. The molecule has 2 atom stereocenters. The molecule has 3 heterocycles. The molecule has 4 heteroatoms. The third-order valence-corrected chi connectivity index (χ3v) is 7.84. The molecule has 0 unspecified atom stereocenters. The Labute approximate surface area is 175 Å². The summed E-state index contributed by atoms with van der Waals surface area (Å²) in [7, 11) is 0. The third-order valence-electron chi connectivity index (χ3n) is 7.84. The average Bonchev–Trinajstić information content (AvgIpc) is 2.93. The topological polar surface area (TPSA) is 24.9 Å². The Morgan fingerprint density at radius 1 is 1.14 bits per heavy atom. The van der Waals surface area contributed by atoms with E-state index in [9.17, 15) is 0 Å². The van der Waals surface area contributed by atoms with E-state index >= 15 is 0 Å². The highest BCUT2D eigenvalue weighted by Crippen LogP contribution is 2.60. The highest BCUT2D eigenvalue weighted by molar-refractivity contribution is 5.50. The van der Waals surface area contributed by atoms with Crippen molar-refractivity contribution in [1.82, 2.24) is 9.80 Å². The van der Waals surface area contributed by atoms with E-state index in [1.54, 1.807) is 5.57 Å². The van der Waals surface area contributed by atoms with Gasteiger partial charge in [-0.15, -0.1) is 0 Å². The smallest absolute Gasteiger partial charge is 0.120 e. The zero-order valence-corrected chi connectivity index (χ0v) is 18.2. The van der Waals surface area contributed by atoms with Crippen LogP contribution in [0, 0.1) is 12.3 Å². The van der Waals surface area contributed by atoms with Crippen molar-refractivity contribution in [2.75, 3.05) is 39.4 Å². The first-order valence-corrected chi connectivity index (χ1v) is 11.3. The molecule has 156 valence electrons. The molecule has 2 saturated heterocycles. The second kappa shape index (κ2) is 7.09. The van der Waals surface area contributed by atoms with Crippen LogP contribution >= 0.6 is 0 Å². The molecule has 2 fully saturated rings. The van der Waals surface area contributed by atoms with Gasteiger partial charge in [0.15, 0.2) is 0 Å². The summed E-state index contributed by atoms with van der Waals surface area (Å²) in [6.07, 6.45) is 6.99.